The van der Waals surface area contributed by atoms with Crippen molar-refractivity contribution in [3.63, 3.8) is 0 Å². The molecule has 4 amide bonds. The number of carbonyl (C=O) groups is 3. The highest BCUT2D eigenvalue weighted by Gasteiger charge is 2.49. The molecule has 132 valence electrons. The average Bonchev–Trinajstić information content (AvgIpc) is 2.79. The lowest BCUT2D eigenvalue weighted by Gasteiger charge is -2.22. The molecular weight excluding hydrogens is 324 g/mol. The second kappa shape index (κ2) is 7.32. The van der Waals surface area contributed by atoms with Gasteiger partial charge in [0.15, 0.2) is 0 Å². The molecule has 1 aromatic carbocycles. The number of benzene rings is 1. The molecule has 0 radical (unpaired) electrons. The summed E-state index contributed by atoms with van der Waals surface area (Å²) in [7, 11) is 1.51. The van der Waals surface area contributed by atoms with Gasteiger partial charge in [0.05, 0.1) is 18.2 Å². The number of nitrogens with zero attached hydrogens (tertiary/aromatic N) is 2. The number of imide groups is 1. The molecule has 1 aliphatic heterocycles. The van der Waals surface area contributed by atoms with Gasteiger partial charge in [0.2, 0.25) is 5.91 Å². The molecule has 2 N–H and O–H groups in total. The van der Waals surface area contributed by atoms with Gasteiger partial charge in [-0.1, -0.05) is 12.1 Å². The zero-order valence-electron chi connectivity index (χ0n) is 14.3. The summed E-state index contributed by atoms with van der Waals surface area (Å²) in [5, 5.41) is 14.3. The molecule has 0 bridgehead atoms. The van der Waals surface area contributed by atoms with Crippen molar-refractivity contribution in [2.24, 2.45) is 0 Å². The fourth-order valence-corrected chi connectivity index (χ4v) is 2.69. The fraction of sp³-hybridized carbons (Fsp3) is 0.412. The molecule has 0 unspecified atom stereocenters. The standard InChI is InChI=1S/C17H20N4O4/c1-11(10-25-3)19-14(22)9-21-15(23)17(2,20-16(21)24)13-6-4-5-12(7-13)8-18/h4-7,11H,9-10H2,1-3H3,(H,19,22)(H,20,24)/t11-,17-/m0/s1. The third-order valence-electron chi connectivity index (χ3n) is 3.97. The molecule has 0 aliphatic carbocycles. The van der Waals surface area contributed by atoms with E-state index in [-0.39, 0.29) is 12.6 Å². The van der Waals surface area contributed by atoms with E-state index in [0.717, 1.165) is 4.90 Å². The van der Waals surface area contributed by atoms with Crippen molar-refractivity contribution in [2.75, 3.05) is 20.3 Å². The largest absolute Gasteiger partial charge is 0.383 e. The second-order valence-corrected chi connectivity index (χ2v) is 6.06. The molecular formula is C17H20N4O4. The summed E-state index contributed by atoms with van der Waals surface area (Å²) >= 11 is 0. The first-order valence-electron chi connectivity index (χ1n) is 7.75. The first-order chi connectivity index (χ1) is 11.8. The molecule has 0 saturated carbocycles. The molecule has 1 heterocycles. The molecule has 1 fully saturated rings. The van der Waals surface area contributed by atoms with Crippen LogP contribution in [0, 0.1) is 11.3 Å². The van der Waals surface area contributed by atoms with Gasteiger partial charge in [-0.3, -0.25) is 14.5 Å². The molecule has 8 nitrogen and oxygen atoms in total. The van der Waals surface area contributed by atoms with Crippen molar-refractivity contribution < 1.29 is 19.1 Å². The Bertz CT molecular complexity index is 742. The van der Waals surface area contributed by atoms with Crippen LogP contribution in [-0.2, 0) is 19.9 Å². The van der Waals surface area contributed by atoms with Crippen LogP contribution in [0.15, 0.2) is 24.3 Å². The van der Waals surface area contributed by atoms with Crippen molar-refractivity contribution in [1.82, 2.24) is 15.5 Å². The number of urea groups is 1. The molecule has 25 heavy (non-hydrogen) atoms. The maximum atomic E-state index is 12.7. The van der Waals surface area contributed by atoms with Crippen LogP contribution in [0.1, 0.15) is 25.0 Å². The van der Waals surface area contributed by atoms with Gasteiger partial charge in [0.25, 0.3) is 5.91 Å². The lowest BCUT2D eigenvalue weighted by molar-refractivity contribution is -0.135. The first kappa shape index (κ1) is 18.4. The van der Waals surface area contributed by atoms with E-state index in [9.17, 15) is 14.4 Å². The number of amides is 4. The number of ether oxygens (including phenoxy) is 1. The monoisotopic (exact) mass is 344 g/mol. The maximum Gasteiger partial charge on any atom is 0.325 e. The Morgan fingerprint density at radius 2 is 2.20 bits per heavy atom. The van der Waals surface area contributed by atoms with Crippen molar-refractivity contribution >= 4 is 17.8 Å². The van der Waals surface area contributed by atoms with E-state index < -0.39 is 23.4 Å². The second-order valence-electron chi connectivity index (χ2n) is 6.06. The smallest absolute Gasteiger partial charge is 0.325 e. The van der Waals surface area contributed by atoms with E-state index in [1.54, 1.807) is 38.1 Å². The van der Waals surface area contributed by atoms with E-state index >= 15 is 0 Å². The highest BCUT2D eigenvalue weighted by molar-refractivity contribution is 6.09. The Morgan fingerprint density at radius 3 is 2.84 bits per heavy atom. The van der Waals surface area contributed by atoms with Crippen LogP contribution < -0.4 is 10.6 Å². The Balaban J connectivity index is 2.16. The van der Waals surface area contributed by atoms with Gasteiger partial charge in [0.1, 0.15) is 12.1 Å². The van der Waals surface area contributed by atoms with Crippen molar-refractivity contribution in [2.45, 2.75) is 25.4 Å². The van der Waals surface area contributed by atoms with Gasteiger partial charge >= 0.3 is 6.03 Å². The van der Waals surface area contributed by atoms with E-state index in [0.29, 0.717) is 17.7 Å². The van der Waals surface area contributed by atoms with Crippen LogP contribution in [0.25, 0.3) is 0 Å². The highest BCUT2D eigenvalue weighted by Crippen LogP contribution is 2.29. The minimum absolute atomic E-state index is 0.239. The van der Waals surface area contributed by atoms with Crippen molar-refractivity contribution in [1.29, 1.82) is 5.26 Å². The van der Waals surface area contributed by atoms with Gasteiger partial charge in [0, 0.05) is 13.2 Å². The van der Waals surface area contributed by atoms with Gasteiger partial charge in [-0.05, 0) is 31.5 Å². The number of hydrogen-bond donors (Lipinski definition) is 2. The molecule has 8 heteroatoms. The predicted molar refractivity (Wildman–Crippen MR) is 88.2 cm³/mol. The summed E-state index contributed by atoms with van der Waals surface area (Å²) < 4.78 is 4.93. The lowest BCUT2D eigenvalue weighted by Crippen LogP contribution is -2.45. The number of hydrogen-bond acceptors (Lipinski definition) is 5. The van der Waals surface area contributed by atoms with E-state index in [2.05, 4.69) is 10.6 Å². The van der Waals surface area contributed by atoms with Crippen molar-refractivity contribution in [3.05, 3.63) is 35.4 Å². The van der Waals surface area contributed by atoms with Gasteiger partial charge in [-0.25, -0.2) is 4.79 Å². The summed E-state index contributed by atoms with van der Waals surface area (Å²) in [4.78, 5) is 37.8. The highest BCUT2D eigenvalue weighted by atomic mass is 16.5. The zero-order chi connectivity index (χ0) is 18.6. The molecule has 0 aromatic heterocycles. The molecule has 1 saturated heterocycles. The number of nitrogens with one attached hydrogen (secondary N) is 2. The third kappa shape index (κ3) is 3.78. The summed E-state index contributed by atoms with van der Waals surface area (Å²) in [6, 6.07) is 7.56. The number of rotatable bonds is 6. The number of nitriles is 1. The quantitative estimate of drug-likeness (QED) is 0.729. The van der Waals surface area contributed by atoms with Crippen LogP contribution in [0.5, 0.6) is 0 Å². The minimum atomic E-state index is -1.32. The summed E-state index contributed by atoms with van der Waals surface area (Å²) in [6.07, 6.45) is 0. The molecule has 1 aromatic rings. The molecule has 1 aliphatic rings. The fourth-order valence-electron chi connectivity index (χ4n) is 2.69. The zero-order valence-corrected chi connectivity index (χ0v) is 14.3. The van der Waals surface area contributed by atoms with Crippen molar-refractivity contribution in [3.8, 4) is 6.07 Å². The van der Waals surface area contributed by atoms with Gasteiger partial charge in [-0.2, -0.15) is 5.26 Å². The molecule has 2 rings (SSSR count). The number of carbonyl (C=O) groups excluding carboxylic acids is 3. The SMILES string of the molecule is COC[C@H](C)NC(=O)CN1C(=O)N[C@@](C)(c2cccc(C#N)c2)C1=O. The Labute approximate surface area is 145 Å². The Kier molecular flexibility index (Phi) is 5.39. The van der Waals surface area contributed by atoms with E-state index in [1.807, 2.05) is 6.07 Å². The number of methoxy groups -OCH3 is 1. The maximum absolute atomic E-state index is 12.7. The Hall–Kier alpha value is -2.92. The lowest BCUT2D eigenvalue weighted by atomic mass is 9.91. The van der Waals surface area contributed by atoms with E-state index in [1.165, 1.54) is 7.11 Å². The van der Waals surface area contributed by atoms with E-state index in [4.69, 9.17) is 10.00 Å². The molecule has 0 spiro atoms. The van der Waals surface area contributed by atoms with Crippen LogP contribution in [0.2, 0.25) is 0 Å². The van der Waals surface area contributed by atoms with Crippen LogP contribution >= 0.6 is 0 Å². The Morgan fingerprint density at radius 1 is 1.48 bits per heavy atom. The average molecular weight is 344 g/mol. The summed E-state index contributed by atoms with van der Waals surface area (Å²) in [6.45, 7) is 3.25. The van der Waals surface area contributed by atoms with Gasteiger partial charge < -0.3 is 15.4 Å². The normalized spacial score (nSPS) is 20.8. The predicted octanol–water partition coefficient (Wildman–Crippen LogP) is 0.476. The van der Waals surface area contributed by atoms with Crippen LogP contribution in [-0.4, -0.2) is 49.0 Å². The topological polar surface area (TPSA) is 112 Å². The summed E-state index contributed by atoms with van der Waals surface area (Å²) in [5.41, 5.74) is -0.451. The van der Waals surface area contributed by atoms with Crippen LogP contribution in [0.3, 0.4) is 0 Å². The van der Waals surface area contributed by atoms with Crippen LogP contribution in [0.4, 0.5) is 4.79 Å². The summed E-state index contributed by atoms with van der Waals surface area (Å²) in [5.74, 6) is -0.995. The first-order valence-corrected chi connectivity index (χ1v) is 7.75. The molecule has 2 atom stereocenters. The third-order valence-corrected chi connectivity index (χ3v) is 3.97. The minimum Gasteiger partial charge on any atom is -0.383 e. The van der Waals surface area contributed by atoms with Gasteiger partial charge in [-0.15, -0.1) is 0 Å².